The Hall–Kier alpha value is -1.20. The van der Waals surface area contributed by atoms with Crippen molar-refractivity contribution in [3.63, 3.8) is 0 Å². The number of aliphatic hydroxyl groups excluding tert-OH is 1. The van der Waals surface area contributed by atoms with Gasteiger partial charge in [0.15, 0.2) is 4.96 Å². The van der Waals surface area contributed by atoms with E-state index in [2.05, 4.69) is 4.98 Å². The highest BCUT2D eigenvalue weighted by Gasteiger charge is 2.04. The zero-order valence-corrected chi connectivity index (χ0v) is 7.84. The molecule has 0 aliphatic carbocycles. The van der Waals surface area contributed by atoms with Gasteiger partial charge in [-0.1, -0.05) is 0 Å². The van der Waals surface area contributed by atoms with Crippen molar-refractivity contribution in [2.45, 2.75) is 13.5 Å². The van der Waals surface area contributed by atoms with Crippen LogP contribution in [0.25, 0.3) is 4.96 Å². The minimum Gasteiger partial charge on any atom is -0.390 e. The van der Waals surface area contributed by atoms with Crippen LogP contribution in [0.3, 0.4) is 0 Å². The summed E-state index contributed by atoms with van der Waals surface area (Å²) in [6, 6.07) is 1.35. The molecule has 0 unspecified atom stereocenters. The third-order valence-corrected chi connectivity index (χ3v) is 2.73. The fraction of sp³-hybridized carbons (Fsp3) is 0.250. The molecular weight excluding hydrogens is 188 g/mol. The summed E-state index contributed by atoms with van der Waals surface area (Å²) in [6.07, 6.45) is 0. The maximum atomic E-state index is 11.5. The molecule has 0 bridgehead atoms. The molecule has 0 radical (unpaired) electrons. The molecule has 4 nitrogen and oxygen atoms in total. The molecule has 2 aromatic rings. The van der Waals surface area contributed by atoms with Gasteiger partial charge in [0.1, 0.15) is 0 Å². The summed E-state index contributed by atoms with van der Waals surface area (Å²) >= 11 is 1.40. The van der Waals surface area contributed by atoms with Gasteiger partial charge in [0.25, 0.3) is 5.56 Å². The third kappa shape index (κ3) is 1.26. The first-order valence-electron chi connectivity index (χ1n) is 3.80. The predicted octanol–water partition coefficient (Wildman–Crippen LogP) is 0.557. The van der Waals surface area contributed by atoms with Gasteiger partial charge in [-0.3, -0.25) is 9.20 Å². The van der Waals surface area contributed by atoms with Gasteiger partial charge in [-0.05, 0) is 6.92 Å². The van der Waals surface area contributed by atoms with Crippen molar-refractivity contribution >= 4 is 16.3 Å². The van der Waals surface area contributed by atoms with Crippen LogP contribution in [0.1, 0.15) is 11.4 Å². The fourth-order valence-electron chi connectivity index (χ4n) is 1.18. The van der Waals surface area contributed by atoms with Gasteiger partial charge in [0.05, 0.1) is 12.3 Å². The lowest BCUT2D eigenvalue weighted by molar-refractivity contribution is 0.277. The third-order valence-electron chi connectivity index (χ3n) is 1.79. The molecule has 0 aromatic carbocycles. The Morgan fingerprint density at radius 3 is 3.15 bits per heavy atom. The summed E-state index contributed by atoms with van der Waals surface area (Å²) in [6.45, 7) is 1.66. The van der Waals surface area contributed by atoms with Gasteiger partial charge in [-0.25, -0.2) is 4.98 Å². The van der Waals surface area contributed by atoms with Crippen molar-refractivity contribution < 1.29 is 5.11 Å². The highest BCUT2D eigenvalue weighted by molar-refractivity contribution is 7.15. The largest absolute Gasteiger partial charge is 0.390 e. The van der Waals surface area contributed by atoms with Crippen molar-refractivity contribution in [3.05, 3.63) is 33.2 Å². The first-order valence-corrected chi connectivity index (χ1v) is 4.68. The molecule has 0 saturated heterocycles. The summed E-state index contributed by atoms with van der Waals surface area (Å²) < 4.78 is 1.53. The van der Waals surface area contributed by atoms with Crippen LogP contribution < -0.4 is 5.56 Å². The number of fused-ring (bicyclic) bond motifs is 1. The normalized spacial score (nSPS) is 10.9. The lowest BCUT2D eigenvalue weighted by Gasteiger charge is -1.96. The Morgan fingerprint density at radius 1 is 1.69 bits per heavy atom. The van der Waals surface area contributed by atoms with Crippen molar-refractivity contribution in [1.29, 1.82) is 0 Å². The van der Waals surface area contributed by atoms with E-state index in [4.69, 9.17) is 5.11 Å². The molecule has 2 aromatic heterocycles. The first kappa shape index (κ1) is 8.40. The molecule has 0 fully saturated rings. The van der Waals surface area contributed by atoms with Crippen LogP contribution in [0, 0.1) is 6.92 Å². The minimum atomic E-state index is -0.192. The van der Waals surface area contributed by atoms with Crippen LogP contribution in [0.2, 0.25) is 0 Å². The van der Waals surface area contributed by atoms with Gasteiger partial charge in [-0.15, -0.1) is 11.3 Å². The quantitative estimate of drug-likeness (QED) is 0.725. The molecule has 0 aliphatic heterocycles. The predicted molar refractivity (Wildman–Crippen MR) is 50.0 cm³/mol. The van der Waals surface area contributed by atoms with Crippen molar-refractivity contribution in [2.75, 3.05) is 0 Å². The van der Waals surface area contributed by atoms with Crippen LogP contribution in [-0.2, 0) is 6.61 Å². The summed E-state index contributed by atoms with van der Waals surface area (Å²) in [4.78, 5) is 16.2. The van der Waals surface area contributed by atoms with Crippen LogP contribution >= 0.6 is 11.3 Å². The Kier molecular flexibility index (Phi) is 1.90. The van der Waals surface area contributed by atoms with E-state index in [1.165, 1.54) is 21.8 Å². The molecule has 2 rings (SSSR count). The summed E-state index contributed by atoms with van der Waals surface area (Å²) in [7, 11) is 0. The number of hydrogen-bond donors (Lipinski definition) is 1. The highest BCUT2D eigenvalue weighted by Crippen LogP contribution is 2.11. The van der Waals surface area contributed by atoms with Gasteiger partial charge < -0.3 is 5.11 Å². The molecule has 0 atom stereocenters. The fourth-order valence-corrected chi connectivity index (χ4v) is 2.07. The second-order valence-corrected chi connectivity index (χ2v) is 3.58. The lowest BCUT2D eigenvalue weighted by Crippen LogP contribution is -2.14. The summed E-state index contributed by atoms with van der Waals surface area (Å²) in [5, 5.41) is 10.7. The van der Waals surface area contributed by atoms with E-state index in [9.17, 15) is 4.79 Å². The van der Waals surface area contributed by atoms with Gasteiger partial charge in [0, 0.05) is 17.1 Å². The molecule has 13 heavy (non-hydrogen) atoms. The zero-order chi connectivity index (χ0) is 9.42. The maximum absolute atomic E-state index is 11.5. The first-order chi connectivity index (χ1) is 6.22. The van der Waals surface area contributed by atoms with E-state index >= 15 is 0 Å². The number of thiazole rings is 1. The van der Waals surface area contributed by atoms with Crippen LogP contribution in [-0.4, -0.2) is 14.5 Å². The van der Waals surface area contributed by atoms with E-state index in [1.54, 1.807) is 0 Å². The van der Waals surface area contributed by atoms with E-state index in [0.717, 1.165) is 5.69 Å². The summed E-state index contributed by atoms with van der Waals surface area (Å²) in [5.41, 5.74) is 1.17. The molecular formula is C8H8N2O2S. The second-order valence-electron chi connectivity index (χ2n) is 2.74. The molecule has 5 heteroatoms. The highest BCUT2D eigenvalue weighted by atomic mass is 32.1. The smallest absolute Gasteiger partial charge is 0.259 e. The SMILES string of the molecule is Cc1csc2nc(CO)cc(=O)n12. The maximum Gasteiger partial charge on any atom is 0.259 e. The second kappa shape index (κ2) is 2.93. The Bertz CT molecular complexity index is 500. The molecule has 68 valence electrons. The van der Waals surface area contributed by atoms with Crippen LogP contribution in [0.15, 0.2) is 16.2 Å². The van der Waals surface area contributed by atoms with Crippen molar-refractivity contribution in [2.24, 2.45) is 0 Å². The van der Waals surface area contributed by atoms with Crippen molar-refractivity contribution in [3.8, 4) is 0 Å². The zero-order valence-electron chi connectivity index (χ0n) is 7.02. The van der Waals surface area contributed by atoms with E-state index in [-0.39, 0.29) is 12.2 Å². The monoisotopic (exact) mass is 196 g/mol. The molecule has 2 heterocycles. The van der Waals surface area contributed by atoms with Crippen LogP contribution in [0.5, 0.6) is 0 Å². The van der Waals surface area contributed by atoms with Gasteiger partial charge in [-0.2, -0.15) is 0 Å². The summed E-state index contributed by atoms with van der Waals surface area (Å²) in [5.74, 6) is 0. The van der Waals surface area contributed by atoms with E-state index in [0.29, 0.717) is 10.7 Å². The minimum absolute atomic E-state index is 0.132. The van der Waals surface area contributed by atoms with E-state index in [1.807, 2.05) is 12.3 Å². The molecule has 0 spiro atoms. The van der Waals surface area contributed by atoms with E-state index < -0.39 is 0 Å². The molecule has 0 aliphatic rings. The number of rotatable bonds is 1. The number of aryl methyl sites for hydroxylation is 1. The Balaban J connectivity index is 2.87. The topological polar surface area (TPSA) is 54.6 Å². The van der Waals surface area contributed by atoms with Gasteiger partial charge in [0.2, 0.25) is 0 Å². The number of aliphatic hydroxyl groups is 1. The lowest BCUT2D eigenvalue weighted by atomic mass is 10.4. The number of nitrogens with zero attached hydrogens (tertiary/aromatic N) is 2. The van der Waals surface area contributed by atoms with Crippen molar-refractivity contribution in [1.82, 2.24) is 9.38 Å². The molecule has 0 amide bonds. The number of aromatic nitrogens is 2. The molecule has 1 N–H and O–H groups in total. The Labute approximate surface area is 78.1 Å². The van der Waals surface area contributed by atoms with Crippen LogP contribution in [0.4, 0.5) is 0 Å². The molecule has 0 saturated carbocycles. The Morgan fingerprint density at radius 2 is 2.46 bits per heavy atom. The number of hydrogen-bond acceptors (Lipinski definition) is 4. The average Bonchev–Trinajstić information content (AvgIpc) is 2.48. The standard InChI is InChI=1S/C8H8N2O2S/c1-5-4-13-8-9-6(3-11)2-7(12)10(5)8/h2,4,11H,3H2,1H3. The average molecular weight is 196 g/mol. The van der Waals surface area contributed by atoms with Gasteiger partial charge >= 0.3 is 0 Å².